The van der Waals surface area contributed by atoms with Gasteiger partial charge in [-0.1, -0.05) is 5.11 Å². The predicted molar refractivity (Wildman–Crippen MR) is 67.3 cm³/mol. The monoisotopic (exact) mass is 287 g/mol. The zero-order valence-corrected chi connectivity index (χ0v) is 11.1. The molecular weight excluding hydrogens is 270 g/mol. The molecule has 0 saturated carbocycles. The normalized spacial score (nSPS) is 16.0. The lowest BCUT2D eigenvalue weighted by molar-refractivity contribution is -0.126. The van der Waals surface area contributed by atoms with Crippen molar-refractivity contribution in [2.75, 3.05) is 6.54 Å². The van der Waals surface area contributed by atoms with E-state index in [9.17, 15) is 24.6 Å². The van der Waals surface area contributed by atoms with Crippen LogP contribution in [0.15, 0.2) is 5.11 Å². The zero-order chi connectivity index (χ0) is 15.7. The third-order valence-electron chi connectivity index (χ3n) is 2.37. The van der Waals surface area contributed by atoms with Gasteiger partial charge < -0.3 is 25.6 Å². The molecule has 10 nitrogen and oxygen atoms in total. The number of azide groups is 1. The predicted octanol–water partition coefficient (Wildman–Crippen LogP) is -1.77. The summed E-state index contributed by atoms with van der Waals surface area (Å²) < 4.78 is 0. The highest BCUT2D eigenvalue weighted by molar-refractivity contribution is 5.78. The minimum atomic E-state index is -1.58. The third-order valence-corrected chi connectivity index (χ3v) is 2.37. The molecular formula is C10H17N5O5. The fourth-order valence-corrected chi connectivity index (χ4v) is 1.54. The number of amides is 2. The first kappa shape index (κ1) is 17.8. The van der Waals surface area contributed by atoms with E-state index in [1.165, 1.54) is 0 Å². The van der Waals surface area contributed by atoms with Gasteiger partial charge in [0.15, 0.2) is 0 Å². The van der Waals surface area contributed by atoms with Gasteiger partial charge >= 0.3 is 0 Å². The average Bonchev–Trinajstić information content (AvgIpc) is 2.38. The van der Waals surface area contributed by atoms with Crippen molar-refractivity contribution < 1.29 is 24.6 Å². The van der Waals surface area contributed by atoms with Crippen LogP contribution >= 0.6 is 0 Å². The second-order valence-corrected chi connectivity index (χ2v) is 4.06. The van der Waals surface area contributed by atoms with Crippen LogP contribution in [0.3, 0.4) is 0 Å². The van der Waals surface area contributed by atoms with Gasteiger partial charge in [0, 0.05) is 18.8 Å². The third kappa shape index (κ3) is 6.14. The molecule has 0 aliphatic rings. The molecule has 0 radical (unpaired) electrons. The molecule has 2 amide bonds. The van der Waals surface area contributed by atoms with Gasteiger partial charge in [-0.25, -0.2) is 0 Å². The number of nitrogens with zero attached hydrogens (tertiary/aromatic N) is 3. The molecule has 4 N–H and O–H groups in total. The molecule has 0 aromatic heterocycles. The van der Waals surface area contributed by atoms with Crippen LogP contribution in [0, 0.1) is 0 Å². The number of rotatable bonds is 8. The van der Waals surface area contributed by atoms with Gasteiger partial charge in [0.2, 0.25) is 11.8 Å². The maximum Gasteiger partial charge on any atom is 0.217 e. The molecule has 0 saturated heterocycles. The number of carbonyl (C=O) groups is 3. The van der Waals surface area contributed by atoms with Gasteiger partial charge in [-0.3, -0.25) is 9.59 Å². The first-order valence-corrected chi connectivity index (χ1v) is 5.70. The van der Waals surface area contributed by atoms with Crippen LogP contribution in [0.4, 0.5) is 0 Å². The van der Waals surface area contributed by atoms with Crippen LogP contribution < -0.4 is 10.6 Å². The fraction of sp³-hybridized carbons (Fsp3) is 0.700. The summed E-state index contributed by atoms with van der Waals surface area (Å²) in [4.78, 5) is 35.3. The van der Waals surface area contributed by atoms with Gasteiger partial charge in [0.25, 0.3) is 0 Å². The molecule has 10 heteroatoms. The quantitative estimate of drug-likeness (QED) is 0.179. The van der Waals surface area contributed by atoms with Crippen molar-refractivity contribution >= 4 is 18.1 Å². The van der Waals surface area contributed by atoms with Gasteiger partial charge in [0.05, 0.1) is 18.7 Å². The summed E-state index contributed by atoms with van der Waals surface area (Å²) in [6, 6.07) is -2.59. The Labute approximate surface area is 114 Å². The second-order valence-electron chi connectivity index (χ2n) is 4.06. The van der Waals surface area contributed by atoms with Crippen LogP contribution in [-0.2, 0) is 14.4 Å². The molecule has 0 fully saturated rings. The number of nitrogens with one attached hydrogen (secondary N) is 2. The van der Waals surface area contributed by atoms with E-state index in [0.717, 1.165) is 13.8 Å². The Kier molecular flexibility index (Phi) is 7.90. The summed E-state index contributed by atoms with van der Waals surface area (Å²) in [6.07, 6.45) is -2.72. The molecule has 4 atom stereocenters. The van der Waals surface area contributed by atoms with Crippen molar-refractivity contribution in [2.45, 2.75) is 38.1 Å². The molecule has 0 bridgehead atoms. The highest BCUT2D eigenvalue weighted by Gasteiger charge is 2.33. The van der Waals surface area contributed by atoms with Gasteiger partial charge in [-0.05, 0) is 5.53 Å². The van der Waals surface area contributed by atoms with Crippen LogP contribution in [0.2, 0.25) is 0 Å². The van der Waals surface area contributed by atoms with E-state index in [2.05, 4.69) is 20.7 Å². The van der Waals surface area contributed by atoms with Crippen LogP contribution in [-0.4, -0.2) is 59.1 Å². The SMILES string of the molecule is CC(=O)N[C@H]([C@H](O)[C@H](C=O)NC(C)=O)[C@H](O)CN=[N+]=[N-]. The molecule has 112 valence electrons. The molecule has 0 aliphatic carbocycles. The lowest BCUT2D eigenvalue weighted by atomic mass is 9.98. The smallest absolute Gasteiger partial charge is 0.217 e. The Balaban J connectivity index is 5.06. The van der Waals surface area contributed by atoms with Crippen LogP contribution in [0.5, 0.6) is 0 Å². The van der Waals surface area contributed by atoms with Gasteiger partial charge in [-0.2, -0.15) is 0 Å². The van der Waals surface area contributed by atoms with Gasteiger partial charge in [0.1, 0.15) is 18.4 Å². The van der Waals surface area contributed by atoms with E-state index in [-0.39, 0.29) is 6.29 Å². The van der Waals surface area contributed by atoms with Crippen LogP contribution in [0.1, 0.15) is 13.8 Å². The zero-order valence-electron chi connectivity index (χ0n) is 11.1. The molecule has 0 aliphatic heterocycles. The van der Waals surface area contributed by atoms with Crippen molar-refractivity contribution in [3.05, 3.63) is 10.4 Å². The average molecular weight is 287 g/mol. The maximum atomic E-state index is 11.1. The number of aldehydes is 1. The summed E-state index contributed by atoms with van der Waals surface area (Å²) in [7, 11) is 0. The number of carbonyl (C=O) groups excluding carboxylic acids is 3. The van der Waals surface area contributed by atoms with Crippen LogP contribution in [0.25, 0.3) is 10.4 Å². The molecule has 0 unspecified atom stereocenters. The Morgan fingerprint density at radius 2 is 1.85 bits per heavy atom. The van der Waals surface area contributed by atoms with Gasteiger partial charge in [-0.15, -0.1) is 0 Å². The largest absolute Gasteiger partial charge is 0.391 e. The molecule has 0 aromatic carbocycles. The Morgan fingerprint density at radius 3 is 2.25 bits per heavy atom. The highest BCUT2D eigenvalue weighted by Crippen LogP contribution is 2.06. The molecule has 0 aromatic rings. The van der Waals surface area contributed by atoms with Crippen molar-refractivity contribution in [1.82, 2.24) is 10.6 Å². The van der Waals surface area contributed by atoms with Crippen molar-refractivity contribution in [3.8, 4) is 0 Å². The summed E-state index contributed by atoms with van der Waals surface area (Å²) >= 11 is 0. The number of hydrogen-bond donors (Lipinski definition) is 4. The van der Waals surface area contributed by atoms with E-state index in [1.807, 2.05) is 0 Å². The first-order chi connectivity index (χ1) is 9.33. The topological polar surface area (TPSA) is 164 Å². The Hall–Kier alpha value is -2.16. The van der Waals surface area contributed by atoms with E-state index in [4.69, 9.17) is 5.53 Å². The van der Waals surface area contributed by atoms with E-state index < -0.39 is 42.7 Å². The second kappa shape index (κ2) is 8.86. The summed E-state index contributed by atoms with van der Waals surface area (Å²) in [5.74, 6) is -1.13. The summed E-state index contributed by atoms with van der Waals surface area (Å²) in [6.45, 7) is 1.88. The Bertz CT molecular complexity index is 409. The summed E-state index contributed by atoms with van der Waals surface area (Å²) in [5, 5.41) is 27.3. The van der Waals surface area contributed by atoms with Crippen molar-refractivity contribution in [3.63, 3.8) is 0 Å². The number of aliphatic hydroxyl groups excluding tert-OH is 2. The summed E-state index contributed by atoms with van der Waals surface area (Å²) in [5.41, 5.74) is 8.18. The van der Waals surface area contributed by atoms with E-state index >= 15 is 0 Å². The standard InChI is InChI=1S/C10H17N5O5/c1-5(17)13-7(4-16)10(20)9(14-6(2)18)8(19)3-12-15-11/h4,7-10,19-20H,3H2,1-2H3,(H,13,17)(H,14,18)/t7-,8+,9-,10+/m0/s1. The molecule has 0 spiro atoms. The minimum Gasteiger partial charge on any atom is -0.391 e. The first-order valence-electron chi connectivity index (χ1n) is 5.70. The maximum absolute atomic E-state index is 11.1. The lowest BCUT2D eigenvalue weighted by Crippen LogP contribution is -2.59. The van der Waals surface area contributed by atoms with Crippen molar-refractivity contribution in [2.24, 2.45) is 5.11 Å². The minimum absolute atomic E-state index is 0.279. The van der Waals surface area contributed by atoms with E-state index in [1.54, 1.807) is 0 Å². The molecule has 20 heavy (non-hydrogen) atoms. The molecule has 0 heterocycles. The highest BCUT2D eigenvalue weighted by atomic mass is 16.3. The Morgan fingerprint density at radius 1 is 1.30 bits per heavy atom. The van der Waals surface area contributed by atoms with Crippen molar-refractivity contribution in [1.29, 1.82) is 0 Å². The van der Waals surface area contributed by atoms with E-state index in [0.29, 0.717) is 0 Å². The number of hydrogen-bond acceptors (Lipinski definition) is 6. The fourth-order valence-electron chi connectivity index (χ4n) is 1.54. The lowest BCUT2D eigenvalue weighted by Gasteiger charge is -2.30. The molecule has 0 rings (SSSR count). The number of aliphatic hydroxyl groups is 2.